The van der Waals surface area contributed by atoms with Gasteiger partial charge >= 0.3 is 0 Å². The normalized spacial score (nSPS) is 10.6. The number of nitrogens with zero attached hydrogens (tertiary/aromatic N) is 1. The van der Waals surface area contributed by atoms with Crippen LogP contribution >= 0.6 is 0 Å². The van der Waals surface area contributed by atoms with Gasteiger partial charge in [-0.3, -0.25) is 4.79 Å². The lowest BCUT2D eigenvalue weighted by Crippen LogP contribution is -2.36. The second-order valence-electron chi connectivity index (χ2n) is 5.26. The van der Waals surface area contributed by atoms with Gasteiger partial charge in [-0.25, -0.2) is 0 Å². The van der Waals surface area contributed by atoms with E-state index in [1.54, 1.807) is 0 Å². The molecule has 21 heavy (non-hydrogen) atoms. The fourth-order valence-electron chi connectivity index (χ4n) is 2.56. The molecule has 2 rings (SSSR count). The molecule has 1 N–H and O–H groups in total. The Hall–Kier alpha value is -2.03. The van der Waals surface area contributed by atoms with E-state index < -0.39 is 0 Å². The van der Waals surface area contributed by atoms with Crippen LogP contribution in [0.25, 0.3) is 10.8 Å². The number of hydrogen-bond donors (Lipinski definition) is 1. The van der Waals surface area contributed by atoms with Crippen LogP contribution < -0.4 is 5.32 Å². The summed E-state index contributed by atoms with van der Waals surface area (Å²) in [4.78, 5) is 14.2. The molecule has 0 fully saturated rings. The number of fused-ring (bicyclic) bond motifs is 1. The molecule has 2 aromatic rings. The highest BCUT2D eigenvalue weighted by Crippen LogP contribution is 2.22. The second kappa shape index (κ2) is 7.67. The van der Waals surface area contributed by atoms with Crippen molar-refractivity contribution in [3.8, 4) is 0 Å². The van der Waals surface area contributed by atoms with E-state index in [1.165, 1.54) is 5.39 Å². The van der Waals surface area contributed by atoms with Gasteiger partial charge in [0.1, 0.15) is 0 Å². The van der Waals surface area contributed by atoms with Crippen LogP contribution in [0.5, 0.6) is 0 Å². The molecule has 0 radical (unpaired) electrons. The van der Waals surface area contributed by atoms with Crippen LogP contribution in [0.2, 0.25) is 0 Å². The predicted octanol–water partition coefficient (Wildman–Crippen LogP) is 3.90. The van der Waals surface area contributed by atoms with Crippen molar-refractivity contribution in [2.75, 3.05) is 25.0 Å². The minimum absolute atomic E-state index is 0.173. The first-order chi connectivity index (χ1) is 10.3. The first kappa shape index (κ1) is 15.4. The summed E-state index contributed by atoms with van der Waals surface area (Å²) in [5, 5.41) is 5.64. The zero-order valence-corrected chi connectivity index (χ0v) is 12.9. The highest BCUT2D eigenvalue weighted by atomic mass is 16.2. The molecule has 0 spiro atoms. The number of hydrogen-bond acceptors (Lipinski definition) is 2. The highest BCUT2D eigenvalue weighted by Gasteiger charge is 2.11. The quantitative estimate of drug-likeness (QED) is 0.836. The lowest BCUT2D eigenvalue weighted by atomic mass is 10.1. The number of anilines is 1. The first-order valence-corrected chi connectivity index (χ1v) is 7.75. The van der Waals surface area contributed by atoms with Gasteiger partial charge in [-0.1, -0.05) is 50.2 Å². The average molecular weight is 284 g/mol. The Morgan fingerprint density at radius 1 is 1.00 bits per heavy atom. The molecule has 0 bridgehead atoms. The van der Waals surface area contributed by atoms with Gasteiger partial charge < -0.3 is 10.2 Å². The van der Waals surface area contributed by atoms with Crippen LogP contribution in [-0.2, 0) is 4.79 Å². The summed E-state index contributed by atoms with van der Waals surface area (Å²) in [5.74, 6) is 0.173. The summed E-state index contributed by atoms with van der Waals surface area (Å²) in [5.41, 5.74) is 1.02. The number of benzene rings is 2. The Bertz CT molecular complexity index is 583. The number of carbonyl (C=O) groups excluding carboxylic acids is 1. The highest BCUT2D eigenvalue weighted by molar-refractivity contribution is 5.95. The molecule has 0 unspecified atom stereocenters. The third-order valence-electron chi connectivity index (χ3n) is 3.56. The molecule has 3 nitrogen and oxygen atoms in total. The predicted molar refractivity (Wildman–Crippen MR) is 89.6 cm³/mol. The van der Waals surface area contributed by atoms with Gasteiger partial charge in [0.15, 0.2) is 0 Å². The van der Waals surface area contributed by atoms with Crippen LogP contribution in [0.4, 0.5) is 5.69 Å². The largest absolute Gasteiger partial charge is 0.376 e. The van der Waals surface area contributed by atoms with Crippen molar-refractivity contribution in [1.82, 2.24) is 4.90 Å². The Labute approximate surface area is 127 Å². The van der Waals surface area contributed by atoms with E-state index in [0.29, 0.717) is 6.54 Å². The molecule has 0 aliphatic carbocycles. The standard InChI is InChI=1S/C18H24N2O/c1-3-12-20(13-4-2)18(21)14-19-17-11-7-9-15-8-5-6-10-16(15)17/h5-11,19H,3-4,12-14H2,1-2H3. The molecule has 0 heterocycles. The Balaban J connectivity index is 2.05. The fraction of sp³-hybridized carbons (Fsp3) is 0.389. The third kappa shape index (κ3) is 3.97. The Morgan fingerprint density at radius 3 is 2.38 bits per heavy atom. The molecular weight excluding hydrogens is 260 g/mol. The number of nitrogens with one attached hydrogen (secondary N) is 1. The zero-order chi connectivity index (χ0) is 15.1. The summed E-state index contributed by atoms with van der Waals surface area (Å²) >= 11 is 0. The monoisotopic (exact) mass is 284 g/mol. The topological polar surface area (TPSA) is 32.3 Å². The van der Waals surface area contributed by atoms with Gasteiger partial charge in [0.25, 0.3) is 0 Å². The van der Waals surface area contributed by atoms with Crippen LogP contribution in [0.1, 0.15) is 26.7 Å². The lowest BCUT2D eigenvalue weighted by molar-refractivity contribution is -0.129. The smallest absolute Gasteiger partial charge is 0.241 e. The summed E-state index contributed by atoms with van der Waals surface area (Å²) in [6.07, 6.45) is 2.00. The molecule has 0 atom stereocenters. The van der Waals surface area contributed by atoms with E-state index >= 15 is 0 Å². The van der Waals surface area contributed by atoms with Crippen molar-refractivity contribution in [2.24, 2.45) is 0 Å². The average Bonchev–Trinajstić information content (AvgIpc) is 2.52. The maximum absolute atomic E-state index is 12.3. The molecular formula is C18H24N2O. The molecule has 1 amide bonds. The number of amides is 1. The van der Waals surface area contributed by atoms with Crippen molar-refractivity contribution < 1.29 is 4.79 Å². The number of carbonyl (C=O) groups is 1. The van der Waals surface area contributed by atoms with Crippen LogP contribution in [0.3, 0.4) is 0 Å². The maximum atomic E-state index is 12.3. The third-order valence-corrected chi connectivity index (χ3v) is 3.56. The van der Waals surface area contributed by atoms with Gasteiger partial charge in [-0.05, 0) is 24.3 Å². The molecule has 2 aromatic carbocycles. The molecule has 0 aliphatic heterocycles. The lowest BCUT2D eigenvalue weighted by Gasteiger charge is -2.22. The SMILES string of the molecule is CCCN(CCC)C(=O)CNc1cccc2ccccc12. The summed E-state index contributed by atoms with van der Waals surface area (Å²) in [6.45, 7) is 6.24. The zero-order valence-electron chi connectivity index (χ0n) is 12.9. The van der Waals surface area contributed by atoms with Gasteiger partial charge in [-0.2, -0.15) is 0 Å². The number of rotatable bonds is 7. The molecule has 3 heteroatoms. The summed E-state index contributed by atoms with van der Waals surface area (Å²) in [6, 6.07) is 14.4. The van der Waals surface area contributed by atoms with Gasteiger partial charge in [0.2, 0.25) is 5.91 Å². The summed E-state index contributed by atoms with van der Waals surface area (Å²) in [7, 11) is 0. The Morgan fingerprint density at radius 2 is 1.67 bits per heavy atom. The molecule has 112 valence electrons. The minimum atomic E-state index is 0.173. The second-order valence-corrected chi connectivity index (χ2v) is 5.26. The van der Waals surface area contributed by atoms with E-state index in [9.17, 15) is 4.79 Å². The van der Waals surface area contributed by atoms with Gasteiger partial charge in [-0.15, -0.1) is 0 Å². The minimum Gasteiger partial charge on any atom is -0.376 e. The van der Waals surface area contributed by atoms with Crippen molar-refractivity contribution in [1.29, 1.82) is 0 Å². The van der Waals surface area contributed by atoms with Crippen molar-refractivity contribution in [3.05, 3.63) is 42.5 Å². The van der Waals surface area contributed by atoms with E-state index in [4.69, 9.17) is 0 Å². The molecule has 0 saturated heterocycles. The van der Waals surface area contributed by atoms with Crippen molar-refractivity contribution >= 4 is 22.4 Å². The van der Waals surface area contributed by atoms with Crippen molar-refractivity contribution in [3.63, 3.8) is 0 Å². The van der Waals surface area contributed by atoms with Crippen molar-refractivity contribution in [2.45, 2.75) is 26.7 Å². The summed E-state index contributed by atoms with van der Waals surface area (Å²) < 4.78 is 0. The molecule has 0 aromatic heterocycles. The van der Waals surface area contributed by atoms with Gasteiger partial charge in [0.05, 0.1) is 6.54 Å². The molecule has 0 saturated carbocycles. The van der Waals surface area contributed by atoms with E-state index in [-0.39, 0.29) is 5.91 Å². The molecule has 0 aliphatic rings. The van der Waals surface area contributed by atoms with E-state index in [1.807, 2.05) is 29.2 Å². The van der Waals surface area contributed by atoms with Gasteiger partial charge in [0, 0.05) is 24.2 Å². The first-order valence-electron chi connectivity index (χ1n) is 7.75. The Kier molecular flexibility index (Phi) is 5.61. The fourth-order valence-corrected chi connectivity index (χ4v) is 2.56. The van der Waals surface area contributed by atoms with Crippen LogP contribution in [0, 0.1) is 0 Å². The van der Waals surface area contributed by atoms with Crippen LogP contribution in [-0.4, -0.2) is 30.4 Å². The van der Waals surface area contributed by atoms with E-state index in [2.05, 4.69) is 37.4 Å². The maximum Gasteiger partial charge on any atom is 0.241 e. The van der Waals surface area contributed by atoms with Crippen LogP contribution in [0.15, 0.2) is 42.5 Å². The van der Waals surface area contributed by atoms with E-state index in [0.717, 1.165) is 37.0 Å².